The van der Waals surface area contributed by atoms with Gasteiger partial charge in [0.15, 0.2) is 6.17 Å². The summed E-state index contributed by atoms with van der Waals surface area (Å²) < 4.78 is 268. The van der Waals surface area contributed by atoms with Crippen molar-refractivity contribution in [3.63, 3.8) is 0 Å². The molecule has 0 saturated heterocycles. The molecule has 0 heterocycles. The van der Waals surface area contributed by atoms with Crippen LogP contribution in [-0.2, 0) is 9.53 Å². The minimum atomic E-state index is -9.12. The van der Waals surface area contributed by atoms with Crippen molar-refractivity contribution in [1.29, 1.82) is 0 Å². The van der Waals surface area contributed by atoms with E-state index >= 15 is 0 Å². The van der Waals surface area contributed by atoms with E-state index in [2.05, 4.69) is 11.3 Å². The average molecular weight is 630 g/mol. The zero-order valence-electron chi connectivity index (χ0n) is 17.7. The number of halogens is 20. The lowest BCUT2D eigenvalue weighted by molar-refractivity contribution is -0.470. The van der Waals surface area contributed by atoms with E-state index < -0.39 is 84.8 Å². The number of aliphatic hydroxyl groups excluding tert-OH is 1. The molecule has 0 aromatic heterocycles. The summed E-state index contributed by atoms with van der Waals surface area (Å²) in [7, 11) is 0. The molecule has 2 atom stereocenters. The largest absolute Gasteiger partial charge is 0.460 e. The molecule has 0 amide bonds. The van der Waals surface area contributed by atoms with Crippen LogP contribution in [0.15, 0.2) is 12.7 Å². The van der Waals surface area contributed by atoms with Gasteiger partial charge in [0.1, 0.15) is 6.61 Å². The number of rotatable bonds is 13. The summed E-state index contributed by atoms with van der Waals surface area (Å²) in [5.41, 5.74) is 0. The Hall–Kier alpha value is -2.23. The molecule has 0 fully saturated rings. The van der Waals surface area contributed by atoms with Crippen molar-refractivity contribution in [1.82, 2.24) is 0 Å². The lowest BCUT2D eigenvalue weighted by Gasteiger charge is -2.44. The lowest BCUT2D eigenvalue weighted by atomic mass is 9.86. The molecular weight excluding hydrogens is 620 g/mol. The highest BCUT2D eigenvalue weighted by Gasteiger charge is 2.97. The van der Waals surface area contributed by atoms with Gasteiger partial charge in [0.25, 0.3) is 0 Å². The molecule has 23 heteroatoms. The van der Waals surface area contributed by atoms with Crippen LogP contribution in [0.25, 0.3) is 0 Å². The van der Waals surface area contributed by atoms with Crippen molar-refractivity contribution in [3.05, 3.63) is 12.7 Å². The maximum absolute atomic E-state index is 13.7. The first-order chi connectivity index (χ1) is 16.8. The summed E-state index contributed by atoms with van der Waals surface area (Å²) >= 11 is 0. The summed E-state index contributed by atoms with van der Waals surface area (Å²) in [5.74, 6) is -70.6. The highest BCUT2D eigenvalue weighted by molar-refractivity contribution is 5.81. The van der Waals surface area contributed by atoms with Crippen LogP contribution in [0.5, 0.6) is 0 Å². The maximum atomic E-state index is 13.7. The fraction of sp³-hybridized carbons (Fsp3) is 0.812. The second-order valence-corrected chi connectivity index (χ2v) is 7.33. The number of aliphatic hydroxyl groups is 1. The Kier molecular flexibility index (Phi) is 9.72. The van der Waals surface area contributed by atoms with E-state index in [-0.39, 0.29) is 0 Å². The highest BCUT2D eigenvalue weighted by atomic mass is 19.4. The molecule has 0 aliphatic rings. The SMILES string of the molecule is C=CC(=O)OCC(O)CC(F)C(F)(F)C(F)(F)C(F)(F)C(F)(F)C(F)(F)C(F)(F)C(F)(F)C(F)(F)C(F)(F)F. The third-order valence-corrected chi connectivity index (χ3v) is 4.60. The van der Waals surface area contributed by atoms with Gasteiger partial charge >= 0.3 is 59.5 Å². The number of hydrogen-bond acceptors (Lipinski definition) is 3. The molecule has 3 nitrogen and oxygen atoms in total. The topological polar surface area (TPSA) is 46.5 Å². The molecule has 0 aromatic rings. The van der Waals surface area contributed by atoms with E-state index in [1.165, 1.54) is 0 Å². The molecule has 39 heavy (non-hydrogen) atoms. The Morgan fingerprint density at radius 3 is 1.26 bits per heavy atom. The van der Waals surface area contributed by atoms with Crippen molar-refractivity contribution >= 4 is 5.97 Å². The number of hydrogen-bond donors (Lipinski definition) is 1. The molecule has 0 spiro atoms. The summed E-state index contributed by atoms with van der Waals surface area (Å²) in [4.78, 5) is 10.7. The fourth-order valence-corrected chi connectivity index (χ4v) is 2.26. The molecule has 1 N–H and O–H groups in total. The second-order valence-electron chi connectivity index (χ2n) is 7.33. The Bertz CT molecular complexity index is 892. The zero-order chi connectivity index (χ0) is 32.1. The molecule has 0 rings (SSSR count). The van der Waals surface area contributed by atoms with Crippen LogP contribution in [0.2, 0.25) is 0 Å². The van der Waals surface area contributed by atoms with Gasteiger partial charge in [-0.25, -0.2) is 9.18 Å². The van der Waals surface area contributed by atoms with Gasteiger partial charge in [-0.1, -0.05) is 6.58 Å². The molecule has 0 bridgehead atoms. The fourth-order valence-electron chi connectivity index (χ4n) is 2.26. The Morgan fingerprint density at radius 2 is 0.949 bits per heavy atom. The molecule has 0 aliphatic carbocycles. The van der Waals surface area contributed by atoms with Gasteiger partial charge in [-0.2, -0.15) is 83.4 Å². The predicted molar refractivity (Wildman–Crippen MR) is 82.3 cm³/mol. The average Bonchev–Trinajstić information content (AvgIpc) is 2.75. The van der Waals surface area contributed by atoms with Crippen molar-refractivity contribution in [3.8, 4) is 0 Å². The number of carbonyl (C=O) groups is 1. The summed E-state index contributed by atoms with van der Waals surface area (Å²) in [6.45, 7) is 1.12. The van der Waals surface area contributed by atoms with Gasteiger partial charge in [0.2, 0.25) is 0 Å². The molecule has 2 unspecified atom stereocenters. The van der Waals surface area contributed by atoms with E-state index in [1.807, 2.05) is 0 Å². The van der Waals surface area contributed by atoms with Crippen LogP contribution in [0.4, 0.5) is 87.8 Å². The number of ether oxygens (including phenoxy) is 1. The number of alkyl halides is 20. The molecule has 232 valence electrons. The van der Waals surface area contributed by atoms with Gasteiger partial charge in [-0.05, 0) is 0 Å². The van der Waals surface area contributed by atoms with Gasteiger partial charge in [-0.15, -0.1) is 0 Å². The van der Waals surface area contributed by atoms with Crippen LogP contribution in [0.3, 0.4) is 0 Å². The molecule has 0 radical (unpaired) electrons. The Labute approximate surface area is 201 Å². The summed E-state index contributed by atoms with van der Waals surface area (Å²) in [6, 6.07) is 0. The third-order valence-electron chi connectivity index (χ3n) is 4.60. The van der Waals surface area contributed by atoms with Gasteiger partial charge in [0, 0.05) is 12.5 Å². The van der Waals surface area contributed by atoms with Gasteiger partial charge in [0.05, 0.1) is 6.10 Å². The summed E-state index contributed by atoms with van der Waals surface area (Å²) in [6.07, 6.45) is -18.2. The van der Waals surface area contributed by atoms with Crippen molar-refractivity contribution in [2.24, 2.45) is 0 Å². The molecular formula is C16H10F20O3. The van der Waals surface area contributed by atoms with Crippen molar-refractivity contribution in [2.75, 3.05) is 6.61 Å². The minimum absolute atomic E-state index is 0.301. The maximum Gasteiger partial charge on any atom is 0.460 e. The Morgan fingerprint density at radius 1 is 0.641 bits per heavy atom. The number of carbonyl (C=O) groups excluding carboxylic acids is 1. The van der Waals surface area contributed by atoms with Crippen molar-refractivity contribution < 1.29 is 102 Å². The van der Waals surface area contributed by atoms with E-state index in [0.717, 1.165) is 0 Å². The standard InChI is InChI=1S/C16H10F20O3/c1-2-7(38)39-4-5(37)3-6(17)8(18,19)9(20,21)10(22,23)11(24,25)12(26,27)13(28,29)14(30,31)15(32,33)16(34,35)36/h2,5-6,37H,1,3-4H2. The minimum Gasteiger partial charge on any atom is -0.460 e. The van der Waals surface area contributed by atoms with E-state index in [9.17, 15) is 92.6 Å². The van der Waals surface area contributed by atoms with Crippen LogP contribution in [-0.4, -0.2) is 83.5 Å². The molecule has 0 aromatic carbocycles. The van der Waals surface area contributed by atoms with E-state index in [4.69, 9.17) is 5.11 Å². The van der Waals surface area contributed by atoms with Crippen LogP contribution < -0.4 is 0 Å². The smallest absolute Gasteiger partial charge is 0.460 e. The predicted octanol–water partition coefficient (Wildman–Crippen LogP) is 6.45. The highest BCUT2D eigenvalue weighted by Crippen LogP contribution is 2.65. The Balaban J connectivity index is 6.62. The van der Waals surface area contributed by atoms with Crippen LogP contribution in [0, 0.1) is 0 Å². The number of esters is 1. The van der Waals surface area contributed by atoms with E-state index in [1.54, 1.807) is 0 Å². The van der Waals surface area contributed by atoms with Crippen LogP contribution >= 0.6 is 0 Å². The lowest BCUT2D eigenvalue weighted by Crippen LogP contribution is -2.76. The van der Waals surface area contributed by atoms with Gasteiger partial charge in [-0.3, -0.25) is 0 Å². The first-order valence-electron chi connectivity index (χ1n) is 8.97. The first-order valence-corrected chi connectivity index (χ1v) is 8.97. The summed E-state index contributed by atoms with van der Waals surface area (Å²) in [5, 5.41) is 9.09. The zero-order valence-corrected chi connectivity index (χ0v) is 17.7. The third kappa shape index (κ3) is 5.42. The second kappa shape index (κ2) is 10.3. The van der Waals surface area contributed by atoms with E-state index in [0.29, 0.717) is 6.08 Å². The molecule has 0 aliphatic heterocycles. The van der Waals surface area contributed by atoms with Gasteiger partial charge < -0.3 is 9.84 Å². The van der Waals surface area contributed by atoms with Crippen LogP contribution in [0.1, 0.15) is 6.42 Å². The first kappa shape index (κ1) is 36.8. The normalized spacial score (nSPS) is 17.1. The molecule has 0 saturated carbocycles. The monoisotopic (exact) mass is 630 g/mol. The van der Waals surface area contributed by atoms with Crippen molar-refractivity contribution in [2.45, 2.75) is 72.3 Å². The quantitative estimate of drug-likeness (QED) is 0.145.